The van der Waals surface area contributed by atoms with Crippen LogP contribution in [0.2, 0.25) is 0 Å². The summed E-state index contributed by atoms with van der Waals surface area (Å²) in [7, 11) is 0. The molecule has 0 unspecified atom stereocenters. The average Bonchev–Trinajstić information content (AvgIpc) is 2.70. The molecule has 6 heteroatoms. The third-order valence-corrected chi connectivity index (χ3v) is 3.91. The van der Waals surface area contributed by atoms with E-state index in [9.17, 15) is 14.0 Å². The summed E-state index contributed by atoms with van der Waals surface area (Å²) < 4.78 is 29.2. The second-order valence-electron chi connectivity index (χ2n) is 6.11. The van der Waals surface area contributed by atoms with Gasteiger partial charge in [-0.15, -0.1) is 0 Å². The van der Waals surface area contributed by atoms with Crippen LogP contribution in [0, 0.1) is 12.7 Å². The Balaban J connectivity index is 1.72. The van der Waals surface area contributed by atoms with Crippen molar-refractivity contribution in [2.45, 2.75) is 26.2 Å². The lowest BCUT2D eigenvalue weighted by Gasteiger charge is -2.08. The van der Waals surface area contributed by atoms with Crippen molar-refractivity contribution in [2.75, 3.05) is 13.2 Å². The first-order valence-corrected chi connectivity index (χ1v) is 9.00. The molecule has 0 heterocycles. The van der Waals surface area contributed by atoms with Crippen LogP contribution in [-0.4, -0.2) is 25.2 Å². The third-order valence-electron chi connectivity index (χ3n) is 3.91. The van der Waals surface area contributed by atoms with Gasteiger partial charge >= 0.3 is 11.9 Å². The first kappa shape index (κ1) is 21.2. The number of esters is 2. The highest BCUT2D eigenvalue weighted by Gasteiger charge is 2.10. The SMILES string of the molecule is C=CC(=O)OCCCCCOc1ccc(C(=O)Oc2ccc(C)c(F)c2)cc1. The number of hydrogen-bond donors (Lipinski definition) is 0. The minimum Gasteiger partial charge on any atom is -0.494 e. The maximum Gasteiger partial charge on any atom is 0.343 e. The molecule has 0 bridgehead atoms. The van der Waals surface area contributed by atoms with E-state index in [1.807, 2.05) is 0 Å². The second-order valence-corrected chi connectivity index (χ2v) is 6.11. The largest absolute Gasteiger partial charge is 0.494 e. The molecule has 5 nitrogen and oxygen atoms in total. The Kier molecular flexibility index (Phi) is 8.21. The minimum absolute atomic E-state index is 0.159. The monoisotopic (exact) mass is 386 g/mol. The predicted octanol–water partition coefficient (Wildman–Crippen LogP) is 4.63. The Morgan fingerprint density at radius 3 is 2.36 bits per heavy atom. The number of aryl methyl sites for hydroxylation is 1. The zero-order valence-electron chi connectivity index (χ0n) is 15.8. The Hall–Kier alpha value is -3.15. The van der Waals surface area contributed by atoms with Gasteiger partial charge in [-0.3, -0.25) is 0 Å². The Labute approximate surface area is 163 Å². The first-order valence-electron chi connectivity index (χ1n) is 9.00. The van der Waals surface area contributed by atoms with Gasteiger partial charge in [-0.2, -0.15) is 0 Å². The fourth-order valence-electron chi connectivity index (χ4n) is 2.29. The minimum atomic E-state index is -0.566. The molecule has 0 amide bonds. The van der Waals surface area contributed by atoms with Gasteiger partial charge in [-0.1, -0.05) is 12.6 Å². The Bertz CT molecular complexity index is 814. The maximum absolute atomic E-state index is 13.5. The van der Waals surface area contributed by atoms with Crippen LogP contribution in [0.3, 0.4) is 0 Å². The highest BCUT2D eigenvalue weighted by molar-refractivity contribution is 5.91. The molecule has 28 heavy (non-hydrogen) atoms. The van der Waals surface area contributed by atoms with E-state index in [1.165, 1.54) is 6.07 Å². The Morgan fingerprint density at radius 1 is 1.00 bits per heavy atom. The summed E-state index contributed by atoms with van der Waals surface area (Å²) in [5.41, 5.74) is 0.830. The smallest absolute Gasteiger partial charge is 0.343 e. The van der Waals surface area contributed by atoms with Gasteiger partial charge in [0.15, 0.2) is 0 Å². The Morgan fingerprint density at radius 2 is 1.68 bits per heavy atom. The standard InChI is InChI=1S/C22H23FO5/c1-3-21(24)27-14-6-4-5-13-26-18-11-8-17(9-12-18)22(25)28-19-10-7-16(2)20(23)15-19/h3,7-12,15H,1,4-6,13-14H2,2H3. The highest BCUT2D eigenvalue weighted by Crippen LogP contribution is 2.19. The van der Waals surface area contributed by atoms with Crippen LogP contribution in [0.15, 0.2) is 55.1 Å². The number of carbonyl (C=O) groups is 2. The van der Waals surface area contributed by atoms with E-state index < -0.39 is 17.8 Å². The van der Waals surface area contributed by atoms with Crippen molar-refractivity contribution in [3.8, 4) is 11.5 Å². The predicted molar refractivity (Wildman–Crippen MR) is 103 cm³/mol. The van der Waals surface area contributed by atoms with E-state index in [-0.39, 0.29) is 5.75 Å². The van der Waals surface area contributed by atoms with Gasteiger partial charge in [0.1, 0.15) is 17.3 Å². The number of ether oxygens (including phenoxy) is 3. The number of benzene rings is 2. The van der Waals surface area contributed by atoms with Gasteiger partial charge in [0.05, 0.1) is 18.8 Å². The van der Waals surface area contributed by atoms with E-state index in [4.69, 9.17) is 14.2 Å². The topological polar surface area (TPSA) is 61.8 Å². The van der Waals surface area contributed by atoms with Crippen LogP contribution in [0.1, 0.15) is 35.2 Å². The molecule has 148 valence electrons. The van der Waals surface area contributed by atoms with Gasteiger partial charge in [0, 0.05) is 12.1 Å². The molecule has 0 aromatic heterocycles. The molecule has 0 N–H and O–H groups in total. The van der Waals surface area contributed by atoms with E-state index >= 15 is 0 Å². The quantitative estimate of drug-likeness (QED) is 0.258. The molecule has 0 aliphatic rings. The zero-order chi connectivity index (χ0) is 20.4. The van der Waals surface area contributed by atoms with Gasteiger partial charge < -0.3 is 14.2 Å². The van der Waals surface area contributed by atoms with E-state index in [2.05, 4.69) is 6.58 Å². The van der Waals surface area contributed by atoms with Gasteiger partial charge in [-0.05, 0) is 62.1 Å². The highest BCUT2D eigenvalue weighted by atomic mass is 19.1. The van der Waals surface area contributed by atoms with Crippen LogP contribution in [0.25, 0.3) is 0 Å². The first-order chi connectivity index (χ1) is 13.5. The molecular weight excluding hydrogens is 363 g/mol. The van der Waals surface area contributed by atoms with Crippen LogP contribution in [-0.2, 0) is 9.53 Å². The zero-order valence-corrected chi connectivity index (χ0v) is 15.8. The molecule has 0 aliphatic carbocycles. The van der Waals surface area contributed by atoms with Crippen LogP contribution < -0.4 is 9.47 Å². The van der Waals surface area contributed by atoms with Crippen molar-refractivity contribution in [3.63, 3.8) is 0 Å². The molecule has 0 atom stereocenters. The van der Waals surface area contributed by atoms with Crippen molar-refractivity contribution in [1.29, 1.82) is 0 Å². The van der Waals surface area contributed by atoms with Crippen molar-refractivity contribution >= 4 is 11.9 Å². The molecule has 0 spiro atoms. The summed E-state index contributed by atoms with van der Waals surface area (Å²) in [6.45, 7) is 5.85. The van der Waals surface area contributed by atoms with Crippen LogP contribution in [0.4, 0.5) is 4.39 Å². The van der Waals surface area contributed by atoms with Crippen LogP contribution in [0.5, 0.6) is 11.5 Å². The fraction of sp³-hybridized carbons (Fsp3) is 0.273. The summed E-state index contributed by atoms with van der Waals surface area (Å²) >= 11 is 0. The van der Waals surface area contributed by atoms with E-state index in [0.717, 1.165) is 25.3 Å². The van der Waals surface area contributed by atoms with Crippen LogP contribution >= 0.6 is 0 Å². The van der Waals surface area contributed by atoms with Crippen molar-refractivity contribution < 1.29 is 28.2 Å². The summed E-state index contributed by atoms with van der Waals surface area (Å²) in [6, 6.07) is 10.8. The second kappa shape index (κ2) is 10.9. The lowest BCUT2D eigenvalue weighted by Crippen LogP contribution is -2.08. The lowest BCUT2D eigenvalue weighted by atomic mass is 10.2. The van der Waals surface area contributed by atoms with E-state index in [0.29, 0.717) is 30.1 Å². The maximum atomic E-state index is 13.5. The summed E-state index contributed by atoms with van der Waals surface area (Å²) in [5.74, 6) is -0.609. The average molecular weight is 386 g/mol. The molecule has 0 saturated carbocycles. The molecule has 2 aromatic carbocycles. The van der Waals surface area contributed by atoms with Crippen molar-refractivity contribution in [1.82, 2.24) is 0 Å². The van der Waals surface area contributed by atoms with Gasteiger partial charge in [-0.25, -0.2) is 14.0 Å². The molecule has 2 aromatic rings. The van der Waals surface area contributed by atoms with Gasteiger partial charge in [0.2, 0.25) is 0 Å². The number of rotatable bonds is 10. The fourth-order valence-corrected chi connectivity index (χ4v) is 2.29. The number of hydrogen-bond acceptors (Lipinski definition) is 5. The molecule has 0 saturated heterocycles. The number of carbonyl (C=O) groups excluding carboxylic acids is 2. The van der Waals surface area contributed by atoms with Crippen molar-refractivity contribution in [2.24, 2.45) is 0 Å². The lowest BCUT2D eigenvalue weighted by molar-refractivity contribution is -0.137. The number of halogens is 1. The summed E-state index contributed by atoms with van der Waals surface area (Å²) in [5, 5.41) is 0. The molecular formula is C22H23FO5. The summed E-state index contributed by atoms with van der Waals surface area (Å²) in [6.07, 6.45) is 3.57. The van der Waals surface area contributed by atoms with E-state index in [1.54, 1.807) is 43.3 Å². The third kappa shape index (κ3) is 6.87. The van der Waals surface area contributed by atoms with Gasteiger partial charge in [0.25, 0.3) is 0 Å². The molecule has 0 fully saturated rings. The number of unbranched alkanes of at least 4 members (excludes halogenated alkanes) is 2. The van der Waals surface area contributed by atoms with Crippen molar-refractivity contribution in [3.05, 3.63) is 72.1 Å². The normalized spacial score (nSPS) is 10.2. The molecule has 0 aliphatic heterocycles. The molecule has 0 radical (unpaired) electrons. The molecule has 2 rings (SSSR count). The summed E-state index contributed by atoms with van der Waals surface area (Å²) in [4.78, 5) is 23.0.